The lowest BCUT2D eigenvalue weighted by atomic mass is 10.2. The number of nitrogens with zero attached hydrogens (tertiary/aromatic N) is 5. The summed E-state index contributed by atoms with van der Waals surface area (Å²) in [6.07, 6.45) is 3.65. The van der Waals surface area contributed by atoms with Crippen molar-refractivity contribution in [1.29, 1.82) is 0 Å². The minimum atomic E-state index is -0.459. The van der Waals surface area contributed by atoms with Gasteiger partial charge < -0.3 is 10.2 Å². The van der Waals surface area contributed by atoms with Crippen LogP contribution in [0, 0.1) is 11.7 Å². The van der Waals surface area contributed by atoms with Crippen molar-refractivity contribution in [3.8, 4) is 0 Å². The number of aromatic nitrogens is 4. The largest absolute Gasteiger partial charge is 0.355 e. The first-order valence-corrected chi connectivity index (χ1v) is 8.13. The van der Waals surface area contributed by atoms with Crippen LogP contribution in [-0.2, 0) is 0 Å². The molecule has 1 aliphatic heterocycles. The van der Waals surface area contributed by atoms with Gasteiger partial charge in [-0.25, -0.2) is 18.9 Å². The minimum Gasteiger partial charge on any atom is -0.355 e. The van der Waals surface area contributed by atoms with E-state index in [4.69, 9.17) is 0 Å². The van der Waals surface area contributed by atoms with Gasteiger partial charge in [-0.15, -0.1) is 5.10 Å². The van der Waals surface area contributed by atoms with Gasteiger partial charge in [0.15, 0.2) is 11.3 Å². The van der Waals surface area contributed by atoms with E-state index in [2.05, 4.69) is 32.2 Å². The lowest BCUT2D eigenvalue weighted by molar-refractivity contribution is 0.102. The Morgan fingerprint density at radius 2 is 2.12 bits per heavy atom. The number of carbonyl (C=O) groups excluding carboxylic acids is 1. The third-order valence-corrected chi connectivity index (χ3v) is 4.30. The van der Waals surface area contributed by atoms with Gasteiger partial charge in [-0.05, 0) is 36.6 Å². The lowest BCUT2D eigenvalue weighted by Gasteiger charge is -2.16. The average Bonchev–Trinajstić information content (AvgIpc) is 3.22. The van der Waals surface area contributed by atoms with Crippen LogP contribution in [0.15, 0.2) is 36.7 Å². The number of nitrogens with one attached hydrogen (secondary N) is 1. The number of anilines is 2. The highest BCUT2D eigenvalue weighted by Gasteiger charge is 2.21. The highest BCUT2D eigenvalue weighted by atomic mass is 19.1. The number of hydrogen-bond donors (Lipinski definition) is 1. The molecular formula is C17H17FN6O. The summed E-state index contributed by atoms with van der Waals surface area (Å²) in [6, 6.07) is 6.41. The molecule has 3 aromatic rings. The first-order valence-electron chi connectivity index (χ1n) is 8.13. The zero-order valence-corrected chi connectivity index (χ0v) is 13.7. The summed E-state index contributed by atoms with van der Waals surface area (Å²) >= 11 is 0. The lowest BCUT2D eigenvalue weighted by Crippen LogP contribution is -2.22. The molecule has 0 aromatic carbocycles. The molecule has 0 radical (unpaired) electrons. The fraction of sp³-hybridized carbons (Fsp3) is 0.294. The Bertz CT molecular complexity index is 923. The van der Waals surface area contributed by atoms with Crippen LogP contribution < -0.4 is 10.2 Å². The second-order valence-electron chi connectivity index (χ2n) is 6.26. The first kappa shape index (κ1) is 15.5. The molecule has 25 heavy (non-hydrogen) atoms. The van der Waals surface area contributed by atoms with Gasteiger partial charge in [-0.1, -0.05) is 6.92 Å². The van der Waals surface area contributed by atoms with Crippen molar-refractivity contribution in [2.45, 2.75) is 13.3 Å². The quantitative estimate of drug-likeness (QED) is 0.792. The zero-order valence-electron chi connectivity index (χ0n) is 13.7. The number of fused-ring (bicyclic) bond motifs is 1. The third-order valence-electron chi connectivity index (χ3n) is 4.30. The smallest absolute Gasteiger partial charge is 0.277 e. The summed E-state index contributed by atoms with van der Waals surface area (Å²) in [6.45, 7) is 4.12. The molecule has 1 saturated heterocycles. The van der Waals surface area contributed by atoms with Crippen molar-refractivity contribution in [3.05, 3.63) is 48.2 Å². The predicted octanol–water partition coefficient (Wildman–Crippen LogP) is 2.36. The molecular weight excluding hydrogens is 323 g/mol. The topological polar surface area (TPSA) is 75.4 Å². The molecule has 3 aromatic heterocycles. The van der Waals surface area contributed by atoms with Crippen molar-refractivity contribution < 1.29 is 9.18 Å². The standard InChI is InChI=1S/C17H17FN6O/c1-11-6-7-23(10-11)16-5-4-15-20-9-13(24(15)22-16)17(25)21-14-3-2-12(18)8-19-14/h2-5,8-9,11H,6-7,10H2,1H3,(H,19,21,25). The predicted molar refractivity (Wildman–Crippen MR) is 91.1 cm³/mol. The second kappa shape index (κ2) is 6.12. The highest BCUT2D eigenvalue weighted by Crippen LogP contribution is 2.22. The molecule has 4 heterocycles. The van der Waals surface area contributed by atoms with Crippen LogP contribution in [0.4, 0.5) is 16.0 Å². The van der Waals surface area contributed by atoms with Gasteiger partial charge >= 0.3 is 0 Å². The van der Waals surface area contributed by atoms with Gasteiger partial charge in [0.1, 0.15) is 17.5 Å². The molecule has 0 saturated carbocycles. The number of carbonyl (C=O) groups is 1. The Morgan fingerprint density at radius 1 is 1.24 bits per heavy atom. The van der Waals surface area contributed by atoms with Crippen LogP contribution >= 0.6 is 0 Å². The average molecular weight is 340 g/mol. The van der Waals surface area contributed by atoms with Gasteiger partial charge in [-0.3, -0.25) is 4.79 Å². The van der Waals surface area contributed by atoms with Gasteiger partial charge in [0.25, 0.3) is 5.91 Å². The van der Waals surface area contributed by atoms with Crippen LogP contribution in [0.1, 0.15) is 23.8 Å². The van der Waals surface area contributed by atoms with E-state index in [1.165, 1.54) is 22.8 Å². The fourth-order valence-electron chi connectivity index (χ4n) is 2.96. The van der Waals surface area contributed by atoms with Crippen molar-refractivity contribution in [3.63, 3.8) is 0 Å². The molecule has 1 atom stereocenters. The van der Waals surface area contributed by atoms with Crippen molar-refractivity contribution in [2.24, 2.45) is 5.92 Å². The Morgan fingerprint density at radius 3 is 2.84 bits per heavy atom. The van der Waals surface area contributed by atoms with E-state index in [9.17, 15) is 9.18 Å². The van der Waals surface area contributed by atoms with E-state index in [1.54, 1.807) is 0 Å². The third kappa shape index (κ3) is 3.02. The summed E-state index contributed by atoms with van der Waals surface area (Å²) in [5, 5.41) is 7.20. The summed E-state index contributed by atoms with van der Waals surface area (Å²) in [4.78, 5) is 22.8. The summed E-state index contributed by atoms with van der Waals surface area (Å²) in [5.41, 5.74) is 0.892. The van der Waals surface area contributed by atoms with Crippen molar-refractivity contribution in [1.82, 2.24) is 19.6 Å². The molecule has 0 spiro atoms. The maximum absolute atomic E-state index is 12.9. The Hall–Kier alpha value is -3.03. The monoisotopic (exact) mass is 340 g/mol. The first-order chi connectivity index (χ1) is 12.1. The maximum Gasteiger partial charge on any atom is 0.277 e. The Balaban J connectivity index is 1.62. The van der Waals surface area contributed by atoms with Gasteiger partial charge in [0.05, 0.1) is 12.4 Å². The molecule has 1 unspecified atom stereocenters. The van der Waals surface area contributed by atoms with E-state index in [0.717, 1.165) is 31.5 Å². The Kier molecular flexibility index (Phi) is 3.79. The number of halogens is 1. The Labute approximate surface area is 143 Å². The molecule has 0 aliphatic carbocycles. The number of rotatable bonds is 3. The molecule has 0 bridgehead atoms. The van der Waals surface area contributed by atoms with Gasteiger partial charge in [-0.2, -0.15) is 0 Å². The number of amides is 1. The van der Waals surface area contributed by atoms with Crippen LogP contribution in [0.25, 0.3) is 5.65 Å². The molecule has 4 rings (SSSR count). The minimum absolute atomic E-state index is 0.269. The van der Waals surface area contributed by atoms with E-state index in [1.807, 2.05) is 12.1 Å². The van der Waals surface area contributed by atoms with Crippen LogP contribution in [0.3, 0.4) is 0 Å². The SMILES string of the molecule is CC1CCN(c2ccc3ncc(C(=O)Nc4ccc(F)cn4)n3n2)C1. The van der Waals surface area contributed by atoms with E-state index in [0.29, 0.717) is 17.3 Å². The van der Waals surface area contributed by atoms with Crippen LogP contribution in [0.5, 0.6) is 0 Å². The number of imidazole rings is 1. The van der Waals surface area contributed by atoms with Gasteiger partial charge in [0.2, 0.25) is 0 Å². The summed E-state index contributed by atoms with van der Waals surface area (Å²) in [5.74, 6) is 0.868. The molecule has 1 amide bonds. The van der Waals surface area contributed by atoms with Crippen molar-refractivity contribution >= 4 is 23.2 Å². The molecule has 7 nitrogen and oxygen atoms in total. The van der Waals surface area contributed by atoms with E-state index in [-0.39, 0.29) is 5.82 Å². The second-order valence-corrected chi connectivity index (χ2v) is 6.26. The zero-order chi connectivity index (χ0) is 17.4. The fourth-order valence-corrected chi connectivity index (χ4v) is 2.96. The summed E-state index contributed by atoms with van der Waals surface area (Å²) in [7, 11) is 0. The molecule has 1 N–H and O–H groups in total. The maximum atomic E-state index is 12.9. The van der Waals surface area contributed by atoms with Crippen LogP contribution in [0.2, 0.25) is 0 Å². The van der Waals surface area contributed by atoms with E-state index >= 15 is 0 Å². The normalized spacial score (nSPS) is 17.2. The number of hydrogen-bond acceptors (Lipinski definition) is 5. The highest BCUT2D eigenvalue weighted by molar-refractivity contribution is 6.02. The molecule has 1 aliphatic rings. The van der Waals surface area contributed by atoms with E-state index < -0.39 is 11.7 Å². The number of pyridine rings is 1. The molecule has 1 fully saturated rings. The molecule has 8 heteroatoms. The van der Waals surface area contributed by atoms with Gasteiger partial charge in [0, 0.05) is 13.1 Å². The molecule has 128 valence electrons. The van der Waals surface area contributed by atoms with Crippen LogP contribution in [-0.4, -0.2) is 38.6 Å². The summed E-state index contributed by atoms with van der Waals surface area (Å²) < 4.78 is 14.4. The van der Waals surface area contributed by atoms with Crippen molar-refractivity contribution in [2.75, 3.05) is 23.3 Å².